The molecular weight excluding hydrogens is 254 g/mol. The van der Waals surface area contributed by atoms with Crippen LogP contribution in [0.25, 0.3) is 0 Å². The van der Waals surface area contributed by atoms with Crippen LogP contribution in [0, 0.1) is 0 Å². The lowest BCUT2D eigenvalue weighted by Crippen LogP contribution is -2.24. The van der Waals surface area contributed by atoms with E-state index < -0.39 is 5.97 Å². The van der Waals surface area contributed by atoms with Gasteiger partial charge < -0.3 is 15.5 Å². The molecule has 0 aliphatic carbocycles. The lowest BCUT2D eigenvalue weighted by Gasteiger charge is -2.16. The molecule has 3 N–H and O–H groups in total. The van der Waals surface area contributed by atoms with Crippen LogP contribution < -0.4 is 5.32 Å². The summed E-state index contributed by atoms with van der Waals surface area (Å²) in [6.07, 6.45) is 0. The predicted molar refractivity (Wildman–Crippen MR) is 76.5 cm³/mol. The van der Waals surface area contributed by atoms with Crippen molar-refractivity contribution in [2.24, 2.45) is 0 Å². The van der Waals surface area contributed by atoms with Gasteiger partial charge in [-0.3, -0.25) is 0 Å². The average Bonchev–Trinajstić information content (AvgIpc) is 2.49. The Morgan fingerprint density at radius 1 is 1.10 bits per heavy atom. The molecule has 0 spiro atoms. The number of rotatable bonds is 6. The second kappa shape index (κ2) is 6.84. The first kappa shape index (κ1) is 14.2. The Labute approximate surface area is 117 Å². The number of aromatic carboxylic acids is 1. The second-order valence-electron chi connectivity index (χ2n) is 4.53. The molecule has 0 aliphatic heterocycles. The quantitative estimate of drug-likeness (QED) is 0.753. The molecule has 0 saturated heterocycles. The molecule has 0 heterocycles. The number of aliphatic hydroxyl groups is 1. The minimum atomic E-state index is -0.936. The lowest BCUT2D eigenvalue weighted by atomic mass is 10.1. The Bertz CT molecular complexity index is 569. The first-order valence-electron chi connectivity index (χ1n) is 6.42. The summed E-state index contributed by atoms with van der Waals surface area (Å²) in [4.78, 5) is 10.9. The molecule has 2 rings (SSSR count). The number of hydrogen-bond acceptors (Lipinski definition) is 3. The smallest absolute Gasteiger partial charge is 0.335 e. The predicted octanol–water partition coefficient (Wildman–Crippen LogP) is 2.21. The minimum absolute atomic E-state index is 0.0113. The van der Waals surface area contributed by atoms with E-state index in [1.807, 2.05) is 36.4 Å². The highest BCUT2D eigenvalue weighted by Crippen LogP contribution is 2.13. The third kappa shape index (κ3) is 3.66. The van der Waals surface area contributed by atoms with E-state index in [1.165, 1.54) is 0 Å². The highest BCUT2D eigenvalue weighted by Gasteiger charge is 2.09. The van der Waals surface area contributed by atoms with E-state index in [-0.39, 0.29) is 18.2 Å². The van der Waals surface area contributed by atoms with E-state index in [0.29, 0.717) is 6.54 Å². The molecule has 4 nitrogen and oxygen atoms in total. The van der Waals surface area contributed by atoms with Crippen molar-refractivity contribution >= 4 is 5.97 Å². The van der Waals surface area contributed by atoms with Crippen molar-refractivity contribution in [3.63, 3.8) is 0 Å². The summed E-state index contributed by atoms with van der Waals surface area (Å²) in [5.74, 6) is -0.936. The van der Waals surface area contributed by atoms with Gasteiger partial charge in [0.15, 0.2) is 0 Å². The first-order chi connectivity index (χ1) is 9.70. The van der Waals surface area contributed by atoms with Gasteiger partial charge in [0.1, 0.15) is 0 Å². The van der Waals surface area contributed by atoms with E-state index in [2.05, 4.69) is 5.32 Å². The number of carboxylic acids is 1. The van der Waals surface area contributed by atoms with E-state index in [0.717, 1.165) is 11.1 Å². The molecule has 4 heteroatoms. The maximum atomic E-state index is 10.9. The monoisotopic (exact) mass is 271 g/mol. The molecular formula is C16H17NO3. The van der Waals surface area contributed by atoms with Gasteiger partial charge >= 0.3 is 5.97 Å². The maximum absolute atomic E-state index is 10.9. The van der Waals surface area contributed by atoms with Gasteiger partial charge in [0, 0.05) is 6.54 Å². The molecule has 104 valence electrons. The molecule has 20 heavy (non-hydrogen) atoms. The fourth-order valence-electron chi connectivity index (χ4n) is 2.03. The maximum Gasteiger partial charge on any atom is 0.335 e. The molecule has 1 atom stereocenters. The number of aliphatic hydroxyl groups excluding tert-OH is 1. The van der Waals surface area contributed by atoms with Crippen molar-refractivity contribution in [1.82, 2.24) is 5.32 Å². The molecule has 0 saturated carbocycles. The minimum Gasteiger partial charge on any atom is -0.478 e. The molecule has 0 fully saturated rings. The first-order valence-corrected chi connectivity index (χ1v) is 6.42. The Balaban J connectivity index is 2.03. The van der Waals surface area contributed by atoms with Crippen molar-refractivity contribution in [3.05, 3.63) is 71.3 Å². The van der Waals surface area contributed by atoms with Crippen molar-refractivity contribution in [2.75, 3.05) is 6.61 Å². The fraction of sp³-hybridized carbons (Fsp3) is 0.188. The molecule has 1 unspecified atom stereocenters. The van der Waals surface area contributed by atoms with Crippen LogP contribution in [0.15, 0.2) is 54.6 Å². The zero-order chi connectivity index (χ0) is 14.4. The topological polar surface area (TPSA) is 69.6 Å². The molecule has 0 amide bonds. The number of nitrogens with one attached hydrogen (secondary N) is 1. The van der Waals surface area contributed by atoms with Gasteiger partial charge in [-0.25, -0.2) is 4.79 Å². The molecule has 0 aliphatic rings. The zero-order valence-corrected chi connectivity index (χ0v) is 11.0. The molecule has 0 bridgehead atoms. The zero-order valence-electron chi connectivity index (χ0n) is 11.0. The van der Waals surface area contributed by atoms with Crippen molar-refractivity contribution in [2.45, 2.75) is 12.6 Å². The molecule has 2 aromatic rings. The normalized spacial score (nSPS) is 12.1. The Hall–Kier alpha value is -2.17. The lowest BCUT2D eigenvalue weighted by molar-refractivity contribution is 0.0696. The van der Waals surface area contributed by atoms with Crippen molar-refractivity contribution < 1.29 is 15.0 Å². The number of benzene rings is 2. The van der Waals surface area contributed by atoms with Crippen LogP contribution >= 0.6 is 0 Å². The van der Waals surface area contributed by atoms with Crippen LogP contribution in [0.4, 0.5) is 0 Å². The Morgan fingerprint density at radius 2 is 1.85 bits per heavy atom. The number of carboxylic acid groups (broad SMARTS) is 1. The standard InChI is InChI=1S/C16H17NO3/c18-11-15(13-6-2-1-3-7-13)17-10-12-5-4-8-14(9-12)16(19)20/h1-9,15,17-18H,10-11H2,(H,19,20). The van der Waals surface area contributed by atoms with Gasteiger partial charge in [-0.15, -0.1) is 0 Å². The van der Waals surface area contributed by atoms with Gasteiger partial charge in [0.05, 0.1) is 18.2 Å². The molecule has 2 aromatic carbocycles. The van der Waals surface area contributed by atoms with E-state index in [4.69, 9.17) is 5.11 Å². The summed E-state index contributed by atoms with van der Waals surface area (Å²) in [7, 11) is 0. The van der Waals surface area contributed by atoms with Crippen LogP contribution in [-0.4, -0.2) is 22.8 Å². The third-order valence-electron chi connectivity index (χ3n) is 3.11. The average molecular weight is 271 g/mol. The van der Waals surface area contributed by atoms with Gasteiger partial charge in [0.25, 0.3) is 0 Å². The highest BCUT2D eigenvalue weighted by molar-refractivity contribution is 5.87. The molecule has 0 aromatic heterocycles. The van der Waals surface area contributed by atoms with Crippen LogP contribution in [0.5, 0.6) is 0 Å². The largest absolute Gasteiger partial charge is 0.478 e. The van der Waals surface area contributed by atoms with Crippen molar-refractivity contribution in [3.8, 4) is 0 Å². The van der Waals surface area contributed by atoms with Gasteiger partial charge in [0.2, 0.25) is 0 Å². The Morgan fingerprint density at radius 3 is 2.50 bits per heavy atom. The summed E-state index contributed by atoms with van der Waals surface area (Å²) >= 11 is 0. The van der Waals surface area contributed by atoms with Crippen molar-refractivity contribution in [1.29, 1.82) is 0 Å². The molecule has 0 radical (unpaired) electrons. The summed E-state index contributed by atoms with van der Waals surface area (Å²) in [5, 5.41) is 21.6. The van der Waals surface area contributed by atoms with E-state index >= 15 is 0 Å². The SMILES string of the molecule is O=C(O)c1cccc(CNC(CO)c2ccccc2)c1. The van der Waals surface area contributed by atoms with Gasteiger partial charge in [-0.2, -0.15) is 0 Å². The summed E-state index contributed by atoms with van der Waals surface area (Å²) in [6, 6.07) is 16.3. The highest BCUT2D eigenvalue weighted by atomic mass is 16.4. The Kier molecular flexibility index (Phi) is 4.87. The third-order valence-corrected chi connectivity index (χ3v) is 3.11. The second-order valence-corrected chi connectivity index (χ2v) is 4.53. The van der Waals surface area contributed by atoms with Crippen LogP contribution in [-0.2, 0) is 6.54 Å². The van der Waals surface area contributed by atoms with Crippen LogP contribution in [0.3, 0.4) is 0 Å². The fourth-order valence-corrected chi connectivity index (χ4v) is 2.03. The number of carbonyl (C=O) groups is 1. The summed E-state index contributed by atoms with van der Waals surface area (Å²) in [5.41, 5.74) is 2.15. The summed E-state index contributed by atoms with van der Waals surface area (Å²) < 4.78 is 0. The van der Waals surface area contributed by atoms with Gasteiger partial charge in [-0.05, 0) is 23.3 Å². The van der Waals surface area contributed by atoms with E-state index in [1.54, 1.807) is 18.2 Å². The van der Waals surface area contributed by atoms with Gasteiger partial charge in [-0.1, -0.05) is 42.5 Å². The van der Waals surface area contributed by atoms with Crippen LogP contribution in [0.2, 0.25) is 0 Å². The summed E-state index contributed by atoms with van der Waals surface area (Å²) in [6.45, 7) is 0.490. The van der Waals surface area contributed by atoms with E-state index in [9.17, 15) is 9.90 Å². The number of hydrogen-bond donors (Lipinski definition) is 3. The van der Waals surface area contributed by atoms with Crippen LogP contribution in [0.1, 0.15) is 27.5 Å².